The predicted octanol–water partition coefficient (Wildman–Crippen LogP) is 1.64. The molecule has 0 aliphatic heterocycles. The van der Waals surface area contributed by atoms with Gasteiger partial charge in [-0.05, 0) is 17.7 Å². The van der Waals surface area contributed by atoms with Crippen LogP contribution in [0.3, 0.4) is 0 Å². The maximum absolute atomic E-state index is 10.9. The number of nitrogens with zero attached hydrogens (tertiary/aromatic N) is 2. The zero-order valence-electron chi connectivity index (χ0n) is 9.33. The zero-order valence-corrected chi connectivity index (χ0v) is 9.33. The molecule has 0 spiro atoms. The Kier molecular flexibility index (Phi) is 3.09. The van der Waals surface area contributed by atoms with Gasteiger partial charge in [0.15, 0.2) is 0 Å². The summed E-state index contributed by atoms with van der Waals surface area (Å²) in [5.41, 5.74) is 1.19. The van der Waals surface area contributed by atoms with Gasteiger partial charge < -0.3 is 14.4 Å². The highest BCUT2D eigenvalue weighted by atomic mass is 16.5. The average molecular weight is 232 g/mol. The number of hydrogen-bond donors (Lipinski definition) is 1. The molecule has 0 atom stereocenters. The second-order valence-corrected chi connectivity index (χ2v) is 3.54. The number of hydrogen-bond acceptors (Lipinski definition) is 3. The Balaban J connectivity index is 2.19. The lowest BCUT2D eigenvalue weighted by atomic mass is 10.3. The third-order valence-electron chi connectivity index (χ3n) is 2.41. The van der Waals surface area contributed by atoms with Crippen LogP contribution in [0, 0.1) is 0 Å². The fourth-order valence-corrected chi connectivity index (χ4v) is 1.57. The quantitative estimate of drug-likeness (QED) is 0.870. The molecule has 2 aromatic heterocycles. The monoisotopic (exact) mass is 232 g/mol. The van der Waals surface area contributed by atoms with Gasteiger partial charge in [0.05, 0.1) is 7.11 Å². The number of pyridine rings is 1. The second kappa shape index (κ2) is 4.69. The van der Waals surface area contributed by atoms with E-state index in [0.717, 1.165) is 5.56 Å². The molecule has 0 amide bonds. The molecular weight excluding hydrogens is 220 g/mol. The highest BCUT2D eigenvalue weighted by molar-refractivity contribution is 5.85. The number of carbonyl (C=O) groups is 1. The van der Waals surface area contributed by atoms with Crippen LogP contribution in [0.1, 0.15) is 16.1 Å². The van der Waals surface area contributed by atoms with Crippen molar-refractivity contribution in [2.24, 2.45) is 0 Å². The number of rotatable bonds is 4. The molecule has 0 bridgehead atoms. The number of carboxylic acids is 1. The number of methoxy groups -OCH3 is 1. The first-order valence-electron chi connectivity index (χ1n) is 5.08. The molecule has 5 nitrogen and oxygen atoms in total. The Bertz CT molecular complexity index is 517. The van der Waals surface area contributed by atoms with Gasteiger partial charge in [-0.1, -0.05) is 6.07 Å². The van der Waals surface area contributed by atoms with Gasteiger partial charge in [-0.25, -0.2) is 9.78 Å². The van der Waals surface area contributed by atoms with E-state index in [4.69, 9.17) is 9.84 Å². The van der Waals surface area contributed by atoms with Gasteiger partial charge in [0.25, 0.3) is 0 Å². The fourth-order valence-electron chi connectivity index (χ4n) is 1.57. The van der Waals surface area contributed by atoms with Crippen LogP contribution >= 0.6 is 0 Å². The summed E-state index contributed by atoms with van der Waals surface area (Å²) in [6.45, 7) is 0.478. The summed E-state index contributed by atoms with van der Waals surface area (Å²) in [5, 5.41) is 8.96. The van der Waals surface area contributed by atoms with Gasteiger partial charge in [0.1, 0.15) is 5.69 Å². The van der Waals surface area contributed by atoms with Gasteiger partial charge in [-0.2, -0.15) is 0 Å². The van der Waals surface area contributed by atoms with Gasteiger partial charge in [0.2, 0.25) is 5.88 Å². The lowest BCUT2D eigenvalue weighted by molar-refractivity contribution is 0.0685. The minimum atomic E-state index is -0.934. The second-order valence-electron chi connectivity index (χ2n) is 3.54. The highest BCUT2D eigenvalue weighted by Crippen LogP contribution is 2.10. The van der Waals surface area contributed by atoms with Gasteiger partial charge >= 0.3 is 5.97 Å². The van der Waals surface area contributed by atoms with E-state index in [1.54, 1.807) is 42.3 Å². The van der Waals surface area contributed by atoms with Gasteiger partial charge in [-0.15, -0.1) is 0 Å². The summed E-state index contributed by atoms with van der Waals surface area (Å²) in [6.07, 6.45) is 3.40. The van der Waals surface area contributed by atoms with E-state index in [1.165, 1.54) is 0 Å². The summed E-state index contributed by atoms with van der Waals surface area (Å²) in [7, 11) is 1.55. The molecule has 2 rings (SSSR count). The molecule has 0 saturated carbocycles. The van der Waals surface area contributed by atoms with Crippen molar-refractivity contribution < 1.29 is 14.6 Å². The summed E-state index contributed by atoms with van der Waals surface area (Å²) in [6, 6.07) is 6.89. The first kappa shape index (κ1) is 11.2. The largest absolute Gasteiger partial charge is 0.481 e. The standard InChI is InChI=1S/C12H12N2O3/c1-17-11-5-4-9(7-13-11)8-14-6-2-3-10(14)12(15)16/h2-7H,8H2,1H3,(H,15,16). The summed E-state index contributed by atoms with van der Waals surface area (Å²) in [4.78, 5) is 15.0. The molecular formula is C12H12N2O3. The number of aromatic carboxylic acids is 1. The van der Waals surface area contributed by atoms with Crippen LogP contribution in [-0.4, -0.2) is 27.7 Å². The molecule has 0 aromatic carbocycles. The SMILES string of the molecule is COc1ccc(Cn2cccc2C(=O)O)cn1. The van der Waals surface area contributed by atoms with Crippen LogP contribution < -0.4 is 4.74 Å². The molecule has 0 unspecified atom stereocenters. The summed E-state index contributed by atoms with van der Waals surface area (Å²) in [5.74, 6) is -0.392. The Morgan fingerprint density at radius 3 is 2.88 bits per heavy atom. The molecule has 0 saturated heterocycles. The average Bonchev–Trinajstić information content (AvgIpc) is 2.78. The van der Waals surface area contributed by atoms with Crippen molar-refractivity contribution >= 4 is 5.97 Å². The maximum Gasteiger partial charge on any atom is 0.352 e. The number of ether oxygens (including phenoxy) is 1. The van der Waals surface area contributed by atoms with Crippen molar-refractivity contribution in [3.63, 3.8) is 0 Å². The minimum Gasteiger partial charge on any atom is -0.481 e. The van der Waals surface area contributed by atoms with Crippen molar-refractivity contribution in [1.29, 1.82) is 0 Å². The molecule has 1 N–H and O–H groups in total. The normalized spacial score (nSPS) is 10.2. The van der Waals surface area contributed by atoms with Crippen LogP contribution in [0.15, 0.2) is 36.7 Å². The Morgan fingerprint density at radius 1 is 1.47 bits per heavy atom. The summed E-state index contributed by atoms with van der Waals surface area (Å²) < 4.78 is 6.61. The van der Waals surface area contributed by atoms with E-state index >= 15 is 0 Å². The molecule has 2 aromatic rings. The van der Waals surface area contributed by atoms with Crippen LogP contribution in [0.5, 0.6) is 5.88 Å². The lowest BCUT2D eigenvalue weighted by Gasteiger charge is -2.06. The highest BCUT2D eigenvalue weighted by Gasteiger charge is 2.08. The van der Waals surface area contributed by atoms with Crippen molar-refractivity contribution in [2.45, 2.75) is 6.54 Å². The van der Waals surface area contributed by atoms with Crippen LogP contribution in [0.2, 0.25) is 0 Å². The van der Waals surface area contributed by atoms with Crippen molar-refractivity contribution in [1.82, 2.24) is 9.55 Å². The van der Waals surface area contributed by atoms with Crippen molar-refractivity contribution in [3.8, 4) is 5.88 Å². The molecule has 2 heterocycles. The van der Waals surface area contributed by atoms with Crippen molar-refractivity contribution in [3.05, 3.63) is 47.9 Å². The van der Waals surface area contributed by atoms with E-state index in [2.05, 4.69) is 4.98 Å². The molecule has 0 radical (unpaired) electrons. The molecule has 17 heavy (non-hydrogen) atoms. The van der Waals surface area contributed by atoms with Gasteiger partial charge in [0, 0.05) is 25.0 Å². The number of aromatic nitrogens is 2. The van der Waals surface area contributed by atoms with E-state index in [1.807, 2.05) is 6.07 Å². The fraction of sp³-hybridized carbons (Fsp3) is 0.167. The third-order valence-corrected chi connectivity index (χ3v) is 2.41. The molecule has 5 heteroatoms. The number of carboxylic acid groups (broad SMARTS) is 1. The summed E-state index contributed by atoms with van der Waals surface area (Å²) >= 11 is 0. The lowest BCUT2D eigenvalue weighted by Crippen LogP contribution is -2.08. The zero-order chi connectivity index (χ0) is 12.3. The minimum absolute atomic E-state index is 0.265. The van der Waals surface area contributed by atoms with E-state index in [0.29, 0.717) is 12.4 Å². The van der Waals surface area contributed by atoms with E-state index in [9.17, 15) is 4.79 Å². The Hall–Kier alpha value is -2.30. The predicted molar refractivity (Wildman–Crippen MR) is 61.3 cm³/mol. The smallest absolute Gasteiger partial charge is 0.352 e. The van der Waals surface area contributed by atoms with E-state index in [-0.39, 0.29) is 5.69 Å². The Labute approximate surface area is 98.3 Å². The molecule has 88 valence electrons. The third kappa shape index (κ3) is 2.44. The topological polar surface area (TPSA) is 64.3 Å². The first-order valence-corrected chi connectivity index (χ1v) is 5.08. The first-order chi connectivity index (χ1) is 8.20. The van der Waals surface area contributed by atoms with Crippen LogP contribution in [0.4, 0.5) is 0 Å². The van der Waals surface area contributed by atoms with Crippen LogP contribution in [-0.2, 0) is 6.54 Å². The molecule has 0 aliphatic carbocycles. The maximum atomic E-state index is 10.9. The van der Waals surface area contributed by atoms with Crippen LogP contribution in [0.25, 0.3) is 0 Å². The van der Waals surface area contributed by atoms with Gasteiger partial charge in [-0.3, -0.25) is 0 Å². The molecule has 0 aliphatic rings. The molecule has 0 fully saturated rings. The van der Waals surface area contributed by atoms with Crippen molar-refractivity contribution in [2.75, 3.05) is 7.11 Å². The Morgan fingerprint density at radius 2 is 2.29 bits per heavy atom. The van der Waals surface area contributed by atoms with E-state index < -0.39 is 5.97 Å².